The van der Waals surface area contributed by atoms with Crippen molar-refractivity contribution < 1.29 is 14.3 Å². The number of benzene rings is 2. The second-order valence-corrected chi connectivity index (χ2v) is 6.55. The molecule has 7 nitrogen and oxygen atoms in total. The van der Waals surface area contributed by atoms with Gasteiger partial charge in [-0.2, -0.15) is 0 Å². The number of ether oxygens (including phenoxy) is 1. The van der Waals surface area contributed by atoms with Crippen LogP contribution in [0.1, 0.15) is 26.5 Å². The van der Waals surface area contributed by atoms with E-state index < -0.39 is 11.8 Å². The average Bonchev–Trinajstić information content (AvgIpc) is 3.19. The van der Waals surface area contributed by atoms with Gasteiger partial charge in [-0.3, -0.25) is 9.59 Å². The SMILES string of the molecule is COc1ccc(CNC(=O)c2[nH]cnc2C(=O)Nc2ccc(Cl)c(Cl)c2)cc1. The summed E-state index contributed by atoms with van der Waals surface area (Å²) in [7, 11) is 1.58. The van der Waals surface area contributed by atoms with Crippen molar-refractivity contribution in [3.05, 3.63) is 75.8 Å². The topological polar surface area (TPSA) is 96.1 Å². The number of H-pyrrole nitrogens is 1. The van der Waals surface area contributed by atoms with Gasteiger partial charge < -0.3 is 20.4 Å². The van der Waals surface area contributed by atoms with E-state index in [1.807, 2.05) is 12.1 Å². The van der Waals surface area contributed by atoms with Crippen LogP contribution in [0.4, 0.5) is 5.69 Å². The monoisotopic (exact) mass is 418 g/mol. The van der Waals surface area contributed by atoms with Gasteiger partial charge in [-0.1, -0.05) is 35.3 Å². The Balaban J connectivity index is 1.66. The lowest BCUT2D eigenvalue weighted by atomic mass is 10.2. The van der Waals surface area contributed by atoms with Gasteiger partial charge in [0.1, 0.15) is 11.4 Å². The molecule has 1 aromatic heterocycles. The van der Waals surface area contributed by atoms with Gasteiger partial charge >= 0.3 is 0 Å². The van der Waals surface area contributed by atoms with E-state index in [0.29, 0.717) is 15.7 Å². The van der Waals surface area contributed by atoms with Crippen LogP contribution in [0.3, 0.4) is 0 Å². The van der Waals surface area contributed by atoms with Gasteiger partial charge in [-0.05, 0) is 35.9 Å². The summed E-state index contributed by atoms with van der Waals surface area (Å²) in [6, 6.07) is 11.9. The Labute approximate surface area is 171 Å². The Bertz CT molecular complexity index is 1000. The quantitative estimate of drug-likeness (QED) is 0.565. The molecule has 9 heteroatoms. The molecule has 0 atom stereocenters. The van der Waals surface area contributed by atoms with Crippen molar-refractivity contribution in [2.45, 2.75) is 6.54 Å². The Morgan fingerprint density at radius 3 is 2.50 bits per heavy atom. The van der Waals surface area contributed by atoms with Crippen molar-refractivity contribution in [3.63, 3.8) is 0 Å². The number of halogens is 2. The van der Waals surface area contributed by atoms with Gasteiger partial charge in [0, 0.05) is 12.2 Å². The minimum atomic E-state index is -0.547. The van der Waals surface area contributed by atoms with E-state index in [1.54, 1.807) is 31.4 Å². The molecule has 0 aliphatic heterocycles. The fourth-order valence-corrected chi connectivity index (χ4v) is 2.72. The molecule has 2 amide bonds. The first-order valence-electron chi connectivity index (χ1n) is 8.19. The van der Waals surface area contributed by atoms with E-state index in [9.17, 15) is 9.59 Å². The summed E-state index contributed by atoms with van der Waals surface area (Å²) < 4.78 is 5.10. The lowest BCUT2D eigenvalue weighted by Crippen LogP contribution is -2.26. The number of amides is 2. The zero-order valence-corrected chi connectivity index (χ0v) is 16.3. The van der Waals surface area contributed by atoms with E-state index >= 15 is 0 Å². The second kappa shape index (κ2) is 8.77. The molecule has 28 heavy (non-hydrogen) atoms. The number of hydrogen-bond donors (Lipinski definition) is 3. The van der Waals surface area contributed by atoms with Crippen LogP contribution >= 0.6 is 23.2 Å². The minimum absolute atomic E-state index is 0.0293. The maximum atomic E-state index is 12.5. The largest absolute Gasteiger partial charge is 0.497 e. The molecule has 2 aromatic carbocycles. The number of anilines is 1. The van der Waals surface area contributed by atoms with Crippen LogP contribution in [0.2, 0.25) is 10.0 Å². The third-order valence-electron chi connectivity index (χ3n) is 3.87. The number of aromatic nitrogens is 2. The first kappa shape index (κ1) is 19.7. The second-order valence-electron chi connectivity index (χ2n) is 5.74. The lowest BCUT2D eigenvalue weighted by Gasteiger charge is -2.08. The van der Waals surface area contributed by atoms with Gasteiger partial charge in [-0.25, -0.2) is 4.98 Å². The summed E-state index contributed by atoms with van der Waals surface area (Å²) in [6.07, 6.45) is 1.28. The summed E-state index contributed by atoms with van der Waals surface area (Å²) in [5.41, 5.74) is 1.35. The fourth-order valence-electron chi connectivity index (χ4n) is 2.42. The fraction of sp³-hybridized carbons (Fsp3) is 0.105. The van der Waals surface area contributed by atoms with E-state index in [0.717, 1.165) is 11.3 Å². The Morgan fingerprint density at radius 1 is 1.07 bits per heavy atom. The van der Waals surface area contributed by atoms with Crippen LogP contribution in [0.25, 0.3) is 0 Å². The molecule has 0 spiro atoms. The standard InChI is InChI=1S/C19H16Cl2N4O3/c1-28-13-5-2-11(3-6-13)9-22-18(26)16-17(24-10-23-16)19(27)25-12-4-7-14(20)15(21)8-12/h2-8,10H,9H2,1H3,(H,22,26)(H,23,24)(H,25,27). The molecule has 3 rings (SSSR count). The van der Waals surface area contributed by atoms with Crippen molar-refractivity contribution in [3.8, 4) is 5.75 Å². The molecular weight excluding hydrogens is 403 g/mol. The molecule has 0 radical (unpaired) electrons. The number of rotatable bonds is 6. The summed E-state index contributed by atoms with van der Waals surface area (Å²) in [4.78, 5) is 31.6. The molecule has 1 heterocycles. The van der Waals surface area contributed by atoms with Gasteiger partial charge in [-0.15, -0.1) is 0 Å². The highest BCUT2D eigenvalue weighted by atomic mass is 35.5. The summed E-state index contributed by atoms with van der Waals surface area (Å²) in [5.74, 6) is -0.272. The number of nitrogens with one attached hydrogen (secondary N) is 3. The van der Waals surface area contributed by atoms with Crippen molar-refractivity contribution in [1.29, 1.82) is 0 Å². The number of carbonyl (C=O) groups excluding carboxylic acids is 2. The van der Waals surface area contributed by atoms with Gasteiger partial charge in [0.2, 0.25) is 0 Å². The van der Waals surface area contributed by atoms with E-state index in [1.165, 1.54) is 12.4 Å². The Morgan fingerprint density at radius 2 is 1.82 bits per heavy atom. The lowest BCUT2D eigenvalue weighted by molar-refractivity contribution is 0.0933. The number of methoxy groups -OCH3 is 1. The molecule has 0 bridgehead atoms. The van der Waals surface area contributed by atoms with Crippen LogP contribution in [0, 0.1) is 0 Å². The van der Waals surface area contributed by atoms with E-state index in [4.69, 9.17) is 27.9 Å². The zero-order valence-electron chi connectivity index (χ0n) is 14.8. The van der Waals surface area contributed by atoms with Crippen LogP contribution < -0.4 is 15.4 Å². The first-order valence-corrected chi connectivity index (χ1v) is 8.94. The maximum absolute atomic E-state index is 12.5. The molecule has 0 aliphatic carbocycles. The average molecular weight is 419 g/mol. The van der Waals surface area contributed by atoms with Crippen LogP contribution in [0.15, 0.2) is 48.8 Å². The minimum Gasteiger partial charge on any atom is -0.497 e. The normalized spacial score (nSPS) is 10.4. The highest BCUT2D eigenvalue weighted by molar-refractivity contribution is 6.42. The highest BCUT2D eigenvalue weighted by Gasteiger charge is 2.20. The van der Waals surface area contributed by atoms with Gasteiger partial charge in [0.05, 0.1) is 23.5 Å². The zero-order chi connectivity index (χ0) is 20.1. The molecule has 0 saturated heterocycles. The molecule has 0 fully saturated rings. The molecule has 0 unspecified atom stereocenters. The number of nitrogens with zero attached hydrogens (tertiary/aromatic N) is 1. The Kier molecular flexibility index (Phi) is 6.18. The van der Waals surface area contributed by atoms with Crippen molar-refractivity contribution in [1.82, 2.24) is 15.3 Å². The molecule has 3 N–H and O–H groups in total. The predicted octanol–water partition coefficient (Wildman–Crippen LogP) is 3.91. The number of carbonyl (C=O) groups is 2. The smallest absolute Gasteiger partial charge is 0.276 e. The molecule has 0 saturated carbocycles. The Hall–Kier alpha value is -3.03. The maximum Gasteiger partial charge on any atom is 0.276 e. The third-order valence-corrected chi connectivity index (χ3v) is 4.61. The molecule has 144 valence electrons. The summed E-state index contributed by atoms with van der Waals surface area (Å²) in [5, 5.41) is 6.06. The van der Waals surface area contributed by atoms with Crippen LogP contribution in [-0.2, 0) is 6.54 Å². The van der Waals surface area contributed by atoms with Crippen LogP contribution in [0.5, 0.6) is 5.75 Å². The van der Waals surface area contributed by atoms with Crippen molar-refractivity contribution >= 4 is 40.7 Å². The molecule has 3 aromatic rings. The van der Waals surface area contributed by atoms with Crippen molar-refractivity contribution in [2.24, 2.45) is 0 Å². The highest BCUT2D eigenvalue weighted by Crippen LogP contribution is 2.25. The van der Waals surface area contributed by atoms with Crippen molar-refractivity contribution in [2.75, 3.05) is 12.4 Å². The predicted molar refractivity (Wildman–Crippen MR) is 107 cm³/mol. The molecular formula is C19H16Cl2N4O3. The first-order chi connectivity index (χ1) is 13.5. The van der Waals surface area contributed by atoms with E-state index in [2.05, 4.69) is 20.6 Å². The van der Waals surface area contributed by atoms with Gasteiger partial charge in [0.25, 0.3) is 11.8 Å². The summed E-state index contributed by atoms with van der Waals surface area (Å²) >= 11 is 11.8. The van der Waals surface area contributed by atoms with Gasteiger partial charge in [0.15, 0.2) is 5.69 Å². The number of aromatic amines is 1. The molecule has 0 aliphatic rings. The van der Waals surface area contributed by atoms with Crippen LogP contribution in [-0.4, -0.2) is 28.9 Å². The third kappa shape index (κ3) is 4.62. The van der Waals surface area contributed by atoms with E-state index in [-0.39, 0.29) is 17.9 Å². The number of hydrogen-bond acceptors (Lipinski definition) is 4. The summed E-state index contributed by atoms with van der Waals surface area (Å²) in [6.45, 7) is 0.287. The number of imidazole rings is 1.